The van der Waals surface area contributed by atoms with Gasteiger partial charge in [-0.05, 0) is 31.6 Å². The highest BCUT2D eigenvalue weighted by atomic mass is 16.5. The lowest BCUT2D eigenvalue weighted by atomic mass is 10.0. The molecule has 0 unspecified atom stereocenters. The quantitative estimate of drug-likeness (QED) is 0.765. The van der Waals surface area contributed by atoms with Crippen molar-refractivity contribution >= 4 is 5.97 Å². The van der Waals surface area contributed by atoms with Crippen LogP contribution in [0.2, 0.25) is 0 Å². The van der Waals surface area contributed by atoms with Crippen molar-refractivity contribution in [3.05, 3.63) is 17.5 Å². The third kappa shape index (κ3) is 3.15. The van der Waals surface area contributed by atoms with Gasteiger partial charge in [0.2, 0.25) is 0 Å². The summed E-state index contributed by atoms with van der Waals surface area (Å²) in [6.45, 7) is 6.11. The number of carbonyl (C=O) groups excluding carboxylic acids is 1. The van der Waals surface area contributed by atoms with E-state index in [1.54, 1.807) is 10.9 Å². The molecular weight excluding hydrogens is 242 g/mol. The summed E-state index contributed by atoms with van der Waals surface area (Å²) in [7, 11) is 1.85. The number of rotatable bonds is 7. The number of nitrogens with one attached hydrogen (secondary N) is 1. The maximum Gasteiger partial charge on any atom is 0.341 e. The van der Waals surface area contributed by atoms with E-state index < -0.39 is 0 Å². The zero-order chi connectivity index (χ0) is 13.9. The molecule has 0 amide bonds. The fourth-order valence-corrected chi connectivity index (χ4v) is 2.33. The van der Waals surface area contributed by atoms with Gasteiger partial charge in [0.25, 0.3) is 0 Å². The van der Waals surface area contributed by atoms with Crippen LogP contribution in [0.25, 0.3) is 0 Å². The molecule has 1 aliphatic carbocycles. The first kappa shape index (κ1) is 14.1. The molecule has 0 aliphatic heterocycles. The third-order valence-electron chi connectivity index (χ3n) is 4.06. The summed E-state index contributed by atoms with van der Waals surface area (Å²) in [5.74, 6) is -0.288. The SMILES string of the molecule is CCOC(=O)c1cnn(C)c1CNCC1(CC)CC1. The van der Waals surface area contributed by atoms with Crippen LogP contribution in [-0.2, 0) is 18.3 Å². The van der Waals surface area contributed by atoms with Crippen LogP contribution in [0.5, 0.6) is 0 Å². The minimum absolute atomic E-state index is 0.288. The second-order valence-corrected chi connectivity index (χ2v) is 5.31. The Bertz CT molecular complexity index is 450. The topological polar surface area (TPSA) is 56.1 Å². The minimum Gasteiger partial charge on any atom is -0.462 e. The molecule has 1 N–H and O–H groups in total. The molecule has 5 nitrogen and oxygen atoms in total. The van der Waals surface area contributed by atoms with Crippen molar-refractivity contribution in [2.24, 2.45) is 12.5 Å². The maximum absolute atomic E-state index is 11.8. The second-order valence-electron chi connectivity index (χ2n) is 5.31. The summed E-state index contributed by atoms with van der Waals surface area (Å²) in [4.78, 5) is 11.8. The van der Waals surface area contributed by atoms with E-state index in [0.29, 0.717) is 24.1 Å². The molecule has 0 spiro atoms. The molecule has 2 rings (SSSR count). The van der Waals surface area contributed by atoms with Gasteiger partial charge in [-0.1, -0.05) is 6.92 Å². The highest BCUT2D eigenvalue weighted by Crippen LogP contribution is 2.47. The van der Waals surface area contributed by atoms with Crippen LogP contribution in [0.1, 0.15) is 49.2 Å². The first-order valence-electron chi connectivity index (χ1n) is 7.00. The molecule has 1 aromatic heterocycles. The molecule has 19 heavy (non-hydrogen) atoms. The van der Waals surface area contributed by atoms with Crippen molar-refractivity contribution in [2.45, 2.75) is 39.7 Å². The summed E-state index contributed by atoms with van der Waals surface area (Å²) in [5.41, 5.74) is 1.96. The van der Waals surface area contributed by atoms with Gasteiger partial charge in [0.15, 0.2) is 0 Å². The molecule has 5 heteroatoms. The predicted octanol–water partition coefficient (Wildman–Crippen LogP) is 1.88. The summed E-state index contributed by atoms with van der Waals surface area (Å²) >= 11 is 0. The molecule has 106 valence electrons. The average molecular weight is 265 g/mol. The Labute approximate surface area is 114 Å². The highest BCUT2D eigenvalue weighted by Gasteiger charge is 2.39. The maximum atomic E-state index is 11.8. The van der Waals surface area contributed by atoms with E-state index in [4.69, 9.17) is 4.74 Å². The Kier molecular flexibility index (Phi) is 4.24. The first-order valence-corrected chi connectivity index (χ1v) is 7.00. The summed E-state index contributed by atoms with van der Waals surface area (Å²) in [5, 5.41) is 7.60. The number of aryl methyl sites for hydroxylation is 1. The number of esters is 1. The lowest BCUT2D eigenvalue weighted by Crippen LogP contribution is -2.25. The Morgan fingerprint density at radius 2 is 2.26 bits per heavy atom. The van der Waals surface area contributed by atoms with E-state index in [1.165, 1.54) is 19.3 Å². The zero-order valence-electron chi connectivity index (χ0n) is 12.0. The minimum atomic E-state index is -0.288. The van der Waals surface area contributed by atoms with Gasteiger partial charge in [0, 0.05) is 20.1 Å². The van der Waals surface area contributed by atoms with Crippen molar-refractivity contribution in [1.29, 1.82) is 0 Å². The Morgan fingerprint density at radius 1 is 1.53 bits per heavy atom. The molecule has 0 radical (unpaired) electrons. The van der Waals surface area contributed by atoms with Gasteiger partial charge in [-0.15, -0.1) is 0 Å². The molecule has 0 saturated heterocycles. The number of hydrogen-bond acceptors (Lipinski definition) is 4. The largest absolute Gasteiger partial charge is 0.462 e. The molecular formula is C14H23N3O2. The lowest BCUT2D eigenvalue weighted by molar-refractivity contribution is 0.0524. The molecule has 1 aliphatic rings. The van der Waals surface area contributed by atoms with E-state index in [0.717, 1.165) is 12.2 Å². The summed E-state index contributed by atoms with van der Waals surface area (Å²) in [6, 6.07) is 0. The number of nitrogens with zero attached hydrogens (tertiary/aromatic N) is 2. The normalized spacial score (nSPS) is 16.4. The van der Waals surface area contributed by atoms with E-state index in [-0.39, 0.29) is 5.97 Å². The molecule has 1 aromatic rings. The summed E-state index contributed by atoms with van der Waals surface area (Å²) in [6.07, 6.45) is 5.43. The third-order valence-corrected chi connectivity index (χ3v) is 4.06. The van der Waals surface area contributed by atoms with Gasteiger partial charge < -0.3 is 10.1 Å². The molecule has 1 fully saturated rings. The van der Waals surface area contributed by atoms with Crippen LogP contribution < -0.4 is 5.32 Å². The van der Waals surface area contributed by atoms with Gasteiger partial charge >= 0.3 is 5.97 Å². The lowest BCUT2D eigenvalue weighted by Gasteiger charge is -2.14. The molecule has 0 bridgehead atoms. The van der Waals surface area contributed by atoms with Crippen LogP contribution in [0.4, 0.5) is 0 Å². The van der Waals surface area contributed by atoms with E-state index in [1.807, 2.05) is 14.0 Å². The predicted molar refractivity (Wildman–Crippen MR) is 72.8 cm³/mol. The van der Waals surface area contributed by atoms with Gasteiger partial charge in [-0.3, -0.25) is 4.68 Å². The average Bonchev–Trinajstić information content (AvgIpc) is 3.09. The van der Waals surface area contributed by atoms with Crippen LogP contribution in [0, 0.1) is 5.41 Å². The summed E-state index contributed by atoms with van der Waals surface area (Å²) < 4.78 is 6.78. The van der Waals surface area contributed by atoms with Crippen LogP contribution >= 0.6 is 0 Å². The van der Waals surface area contributed by atoms with Gasteiger partial charge in [0.05, 0.1) is 18.5 Å². The standard InChI is InChI=1S/C14H23N3O2/c1-4-14(6-7-14)10-15-9-12-11(8-16-17(12)3)13(18)19-5-2/h8,15H,4-7,9-10H2,1-3H3. The van der Waals surface area contributed by atoms with Crippen molar-refractivity contribution < 1.29 is 9.53 Å². The zero-order valence-corrected chi connectivity index (χ0v) is 12.0. The van der Waals surface area contributed by atoms with Crippen LogP contribution in [0.3, 0.4) is 0 Å². The Balaban J connectivity index is 1.95. The Hall–Kier alpha value is -1.36. The van der Waals surface area contributed by atoms with E-state index in [2.05, 4.69) is 17.3 Å². The van der Waals surface area contributed by atoms with Crippen molar-refractivity contribution in [3.63, 3.8) is 0 Å². The Morgan fingerprint density at radius 3 is 2.84 bits per heavy atom. The molecule has 1 heterocycles. The van der Waals surface area contributed by atoms with Gasteiger partial charge in [-0.25, -0.2) is 4.79 Å². The smallest absolute Gasteiger partial charge is 0.341 e. The highest BCUT2D eigenvalue weighted by molar-refractivity contribution is 5.90. The molecule has 1 saturated carbocycles. The first-order chi connectivity index (χ1) is 9.12. The second kappa shape index (κ2) is 5.74. The number of ether oxygens (including phenoxy) is 1. The fourth-order valence-electron chi connectivity index (χ4n) is 2.33. The van der Waals surface area contributed by atoms with E-state index in [9.17, 15) is 4.79 Å². The fraction of sp³-hybridized carbons (Fsp3) is 0.714. The molecule has 0 aromatic carbocycles. The van der Waals surface area contributed by atoms with Crippen molar-refractivity contribution in [1.82, 2.24) is 15.1 Å². The van der Waals surface area contributed by atoms with E-state index >= 15 is 0 Å². The molecule has 0 atom stereocenters. The monoisotopic (exact) mass is 265 g/mol. The van der Waals surface area contributed by atoms with Gasteiger partial charge in [-0.2, -0.15) is 5.10 Å². The van der Waals surface area contributed by atoms with Crippen molar-refractivity contribution in [3.8, 4) is 0 Å². The number of carbonyl (C=O) groups is 1. The number of hydrogen-bond donors (Lipinski definition) is 1. The van der Waals surface area contributed by atoms with Crippen LogP contribution in [0.15, 0.2) is 6.20 Å². The van der Waals surface area contributed by atoms with Crippen molar-refractivity contribution in [2.75, 3.05) is 13.2 Å². The number of aromatic nitrogens is 2. The van der Waals surface area contributed by atoms with Crippen LogP contribution in [-0.4, -0.2) is 28.9 Å². The van der Waals surface area contributed by atoms with Gasteiger partial charge in [0.1, 0.15) is 5.56 Å².